The molecular weight excluding hydrogens is 208 g/mol. The van der Waals surface area contributed by atoms with Crippen molar-refractivity contribution in [2.45, 2.75) is 12.3 Å². The third-order valence-corrected chi connectivity index (χ3v) is 2.69. The lowest BCUT2D eigenvalue weighted by Crippen LogP contribution is -2.43. The highest BCUT2D eigenvalue weighted by Gasteiger charge is 2.49. The van der Waals surface area contributed by atoms with Gasteiger partial charge in [-0.15, -0.1) is 13.2 Å². The lowest BCUT2D eigenvalue weighted by atomic mass is 10.3. The van der Waals surface area contributed by atoms with E-state index in [4.69, 9.17) is 0 Å². The van der Waals surface area contributed by atoms with E-state index in [9.17, 15) is 9.59 Å². The average molecular weight is 222 g/mol. The Morgan fingerprint density at radius 2 is 1.38 bits per heavy atom. The summed E-state index contributed by atoms with van der Waals surface area (Å²) in [7, 11) is 0. The van der Waals surface area contributed by atoms with Crippen LogP contribution in [0.25, 0.3) is 0 Å². The number of fused-ring (bicyclic) bond motifs is 1. The molecule has 2 heterocycles. The van der Waals surface area contributed by atoms with Crippen LogP contribution in [0.15, 0.2) is 25.3 Å². The zero-order valence-electron chi connectivity index (χ0n) is 8.85. The van der Waals surface area contributed by atoms with Gasteiger partial charge in [-0.25, -0.2) is 9.59 Å². The van der Waals surface area contributed by atoms with Gasteiger partial charge in [0, 0.05) is 13.1 Å². The molecule has 2 atom stereocenters. The quantitative estimate of drug-likeness (QED) is 0.661. The molecule has 0 aromatic carbocycles. The van der Waals surface area contributed by atoms with Gasteiger partial charge in [-0.2, -0.15) is 0 Å². The molecule has 16 heavy (non-hydrogen) atoms. The molecule has 2 aliphatic heterocycles. The molecule has 2 N–H and O–H groups in total. The van der Waals surface area contributed by atoms with E-state index in [2.05, 4.69) is 23.8 Å². The van der Waals surface area contributed by atoms with Crippen LogP contribution < -0.4 is 10.6 Å². The number of nitrogens with one attached hydrogen (secondary N) is 2. The smallest absolute Gasteiger partial charge is 0.314 e. The molecule has 2 fully saturated rings. The number of nitrogens with zero attached hydrogens (tertiary/aromatic N) is 2. The van der Waals surface area contributed by atoms with E-state index in [0.717, 1.165) is 0 Å². The van der Waals surface area contributed by atoms with Gasteiger partial charge in [-0.1, -0.05) is 12.2 Å². The average Bonchev–Trinajstić information content (AvgIpc) is 2.69. The van der Waals surface area contributed by atoms with Crippen molar-refractivity contribution >= 4 is 12.1 Å². The first-order chi connectivity index (χ1) is 7.69. The van der Waals surface area contributed by atoms with Crippen molar-refractivity contribution in [1.82, 2.24) is 20.4 Å². The minimum atomic E-state index is -0.321. The number of urea groups is 2. The van der Waals surface area contributed by atoms with Crippen molar-refractivity contribution < 1.29 is 9.59 Å². The van der Waals surface area contributed by atoms with Crippen LogP contribution in [-0.4, -0.2) is 47.3 Å². The zero-order valence-corrected chi connectivity index (χ0v) is 8.85. The molecule has 0 spiro atoms. The predicted molar refractivity (Wildman–Crippen MR) is 58.4 cm³/mol. The van der Waals surface area contributed by atoms with Gasteiger partial charge >= 0.3 is 12.1 Å². The number of rotatable bonds is 4. The largest absolute Gasteiger partial charge is 0.321 e. The Kier molecular flexibility index (Phi) is 2.55. The summed E-state index contributed by atoms with van der Waals surface area (Å²) in [5.74, 6) is 0. The van der Waals surface area contributed by atoms with Gasteiger partial charge in [-0.05, 0) is 0 Å². The highest BCUT2D eigenvalue weighted by Crippen LogP contribution is 2.20. The molecule has 6 heteroatoms. The standard InChI is InChI=1S/C10H14N4O2/c1-3-5-13-7-8(12-9(13)15)14(6-4-2)10(16)11-7/h3-4,7-8H,1-2,5-6H2,(H,11,16)(H,12,15). The molecule has 2 rings (SSSR count). The Bertz CT molecular complexity index is 321. The SMILES string of the molecule is C=CCN1C(=O)NC2C1NC(=O)N2CC=C. The summed E-state index contributed by atoms with van der Waals surface area (Å²) in [6.45, 7) is 7.99. The van der Waals surface area contributed by atoms with Crippen molar-refractivity contribution in [3.05, 3.63) is 25.3 Å². The molecule has 4 amide bonds. The Morgan fingerprint density at radius 3 is 1.69 bits per heavy atom. The summed E-state index contributed by atoms with van der Waals surface area (Å²) in [5, 5.41) is 5.50. The van der Waals surface area contributed by atoms with Crippen molar-refractivity contribution in [3.63, 3.8) is 0 Å². The van der Waals surface area contributed by atoms with Gasteiger partial charge < -0.3 is 10.6 Å². The van der Waals surface area contributed by atoms with Crippen LogP contribution in [0.5, 0.6) is 0 Å². The minimum Gasteiger partial charge on any atom is -0.314 e. The fourth-order valence-electron chi connectivity index (χ4n) is 2.00. The Hall–Kier alpha value is -1.98. The van der Waals surface area contributed by atoms with Gasteiger partial charge in [0.1, 0.15) is 12.3 Å². The normalized spacial score (nSPS) is 27.5. The van der Waals surface area contributed by atoms with E-state index < -0.39 is 0 Å². The summed E-state index contributed by atoms with van der Waals surface area (Å²) in [6.07, 6.45) is 2.62. The third-order valence-electron chi connectivity index (χ3n) is 2.69. The van der Waals surface area contributed by atoms with Gasteiger partial charge in [0.2, 0.25) is 0 Å². The number of hydrogen-bond donors (Lipinski definition) is 2. The lowest BCUT2D eigenvalue weighted by Gasteiger charge is -2.20. The second kappa shape index (κ2) is 3.88. The van der Waals surface area contributed by atoms with E-state index >= 15 is 0 Å². The monoisotopic (exact) mass is 222 g/mol. The Morgan fingerprint density at radius 1 is 1.00 bits per heavy atom. The second-order valence-corrected chi connectivity index (χ2v) is 3.67. The van der Waals surface area contributed by atoms with Crippen LogP contribution in [0.2, 0.25) is 0 Å². The summed E-state index contributed by atoms with van der Waals surface area (Å²) in [4.78, 5) is 26.3. The zero-order chi connectivity index (χ0) is 11.7. The molecule has 0 saturated carbocycles. The van der Waals surface area contributed by atoms with Crippen molar-refractivity contribution in [2.24, 2.45) is 0 Å². The summed E-state index contributed by atoms with van der Waals surface area (Å²) in [5.41, 5.74) is 0. The van der Waals surface area contributed by atoms with E-state index in [1.807, 2.05) is 0 Å². The highest BCUT2D eigenvalue weighted by atomic mass is 16.2. The summed E-state index contributed by atoms with van der Waals surface area (Å²) < 4.78 is 0. The van der Waals surface area contributed by atoms with Crippen LogP contribution in [-0.2, 0) is 0 Å². The van der Waals surface area contributed by atoms with Gasteiger partial charge in [0.05, 0.1) is 0 Å². The van der Waals surface area contributed by atoms with Crippen molar-refractivity contribution in [1.29, 1.82) is 0 Å². The number of hydrogen-bond acceptors (Lipinski definition) is 2. The van der Waals surface area contributed by atoms with E-state index in [0.29, 0.717) is 13.1 Å². The number of carbonyl (C=O) groups is 2. The maximum absolute atomic E-state index is 11.6. The van der Waals surface area contributed by atoms with Crippen LogP contribution >= 0.6 is 0 Å². The topological polar surface area (TPSA) is 64.7 Å². The molecule has 2 aliphatic rings. The Balaban J connectivity index is 2.17. The highest BCUT2D eigenvalue weighted by molar-refractivity contribution is 5.85. The molecule has 2 saturated heterocycles. The van der Waals surface area contributed by atoms with Gasteiger partial charge in [0.25, 0.3) is 0 Å². The van der Waals surface area contributed by atoms with Gasteiger partial charge in [0.15, 0.2) is 0 Å². The Labute approximate surface area is 93.6 Å². The van der Waals surface area contributed by atoms with Crippen LogP contribution in [0.1, 0.15) is 0 Å². The summed E-state index contributed by atoms with van der Waals surface area (Å²) >= 11 is 0. The molecule has 86 valence electrons. The molecule has 2 unspecified atom stereocenters. The van der Waals surface area contributed by atoms with Crippen molar-refractivity contribution in [3.8, 4) is 0 Å². The molecule has 0 aromatic rings. The first kappa shape index (κ1) is 10.5. The molecule has 0 aliphatic carbocycles. The number of carbonyl (C=O) groups excluding carboxylic acids is 2. The lowest BCUT2D eigenvalue weighted by molar-refractivity contribution is 0.201. The van der Waals surface area contributed by atoms with Crippen LogP contribution in [0.4, 0.5) is 9.59 Å². The fourth-order valence-corrected chi connectivity index (χ4v) is 2.00. The first-order valence-electron chi connectivity index (χ1n) is 5.05. The minimum absolute atomic E-state index is 0.191. The maximum atomic E-state index is 11.6. The first-order valence-corrected chi connectivity index (χ1v) is 5.05. The predicted octanol–water partition coefficient (Wildman–Crippen LogP) is 0.0610. The van der Waals surface area contributed by atoms with Crippen molar-refractivity contribution in [2.75, 3.05) is 13.1 Å². The molecular formula is C10H14N4O2. The molecule has 0 bridgehead atoms. The number of amides is 4. The fraction of sp³-hybridized carbons (Fsp3) is 0.400. The van der Waals surface area contributed by atoms with E-state index in [1.54, 1.807) is 22.0 Å². The van der Waals surface area contributed by atoms with Crippen LogP contribution in [0.3, 0.4) is 0 Å². The van der Waals surface area contributed by atoms with E-state index in [-0.39, 0.29) is 24.4 Å². The van der Waals surface area contributed by atoms with E-state index in [1.165, 1.54) is 0 Å². The molecule has 0 aromatic heterocycles. The maximum Gasteiger partial charge on any atom is 0.321 e. The van der Waals surface area contributed by atoms with Gasteiger partial charge in [-0.3, -0.25) is 9.80 Å². The second-order valence-electron chi connectivity index (χ2n) is 3.67. The third kappa shape index (κ3) is 1.42. The summed E-state index contributed by atoms with van der Waals surface area (Å²) in [6, 6.07) is -0.382. The molecule has 6 nitrogen and oxygen atoms in total. The van der Waals surface area contributed by atoms with Crippen LogP contribution in [0, 0.1) is 0 Å². The molecule has 0 radical (unpaired) electrons.